The fraction of sp³-hybridized carbons (Fsp3) is 0.889. The van der Waals surface area contributed by atoms with Gasteiger partial charge in [0, 0.05) is 20.5 Å². The second-order valence-corrected chi connectivity index (χ2v) is 3.70. The average molecular weight is 185 g/mol. The molecule has 0 aromatic rings. The quantitative estimate of drug-likeness (QED) is 0.622. The zero-order valence-electron chi connectivity index (χ0n) is 8.49. The fourth-order valence-electron chi connectivity index (χ4n) is 1.59. The molecule has 4 nitrogen and oxygen atoms in total. The van der Waals surface area contributed by atoms with E-state index in [0.29, 0.717) is 0 Å². The lowest BCUT2D eigenvalue weighted by atomic mass is 10.4. The minimum atomic E-state index is -0.157. The number of rotatable bonds is 3. The molecule has 1 atom stereocenters. The number of amides is 1. The second-order valence-electron chi connectivity index (χ2n) is 3.70. The largest absolute Gasteiger partial charge is 0.329 e. The van der Waals surface area contributed by atoms with E-state index >= 15 is 0 Å². The Morgan fingerprint density at radius 3 is 2.54 bits per heavy atom. The normalized spacial score (nSPS) is 20.2. The van der Waals surface area contributed by atoms with Crippen LogP contribution in [0.4, 0.5) is 0 Å². The first-order chi connectivity index (χ1) is 6.11. The highest BCUT2D eigenvalue weighted by Crippen LogP contribution is 2.07. The molecule has 0 spiro atoms. The highest BCUT2D eigenvalue weighted by molar-refractivity contribution is 5.73. The predicted molar refractivity (Wildman–Crippen MR) is 52.1 cm³/mol. The SMILES string of the molecule is CC(=O)N(C)[C@@H](N)CN1CCCC1. The predicted octanol–water partition coefficient (Wildman–Crippen LogP) is -0.155. The number of carbonyl (C=O) groups excluding carboxylic acids is 1. The summed E-state index contributed by atoms with van der Waals surface area (Å²) < 4.78 is 0. The molecule has 0 saturated carbocycles. The van der Waals surface area contributed by atoms with Crippen LogP contribution in [0.1, 0.15) is 19.8 Å². The van der Waals surface area contributed by atoms with E-state index in [1.54, 1.807) is 18.9 Å². The van der Waals surface area contributed by atoms with E-state index in [-0.39, 0.29) is 12.1 Å². The van der Waals surface area contributed by atoms with Crippen molar-refractivity contribution in [3.05, 3.63) is 0 Å². The lowest BCUT2D eigenvalue weighted by molar-refractivity contribution is -0.129. The van der Waals surface area contributed by atoms with Gasteiger partial charge < -0.3 is 10.6 Å². The summed E-state index contributed by atoms with van der Waals surface area (Å²) >= 11 is 0. The molecule has 0 aromatic carbocycles. The topological polar surface area (TPSA) is 49.6 Å². The summed E-state index contributed by atoms with van der Waals surface area (Å²) in [6.45, 7) is 4.60. The van der Waals surface area contributed by atoms with Crippen LogP contribution in [-0.4, -0.2) is 48.6 Å². The first-order valence-electron chi connectivity index (χ1n) is 4.82. The number of hydrogen-bond acceptors (Lipinski definition) is 3. The molecule has 0 aromatic heterocycles. The van der Waals surface area contributed by atoms with Gasteiger partial charge in [-0.25, -0.2) is 0 Å². The van der Waals surface area contributed by atoms with Crippen LogP contribution < -0.4 is 5.73 Å². The summed E-state index contributed by atoms with van der Waals surface area (Å²) in [5.74, 6) is 0.0340. The van der Waals surface area contributed by atoms with Gasteiger partial charge >= 0.3 is 0 Å². The summed E-state index contributed by atoms with van der Waals surface area (Å²) in [4.78, 5) is 14.9. The number of likely N-dealkylation sites (N-methyl/N-ethyl adjacent to an activating group) is 1. The molecule has 1 aliphatic rings. The van der Waals surface area contributed by atoms with Gasteiger partial charge in [0.1, 0.15) is 0 Å². The summed E-state index contributed by atoms with van der Waals surface area (Å²) in [5, 5.41) is 0. The van der Waals surface area contributed by atoms with Crippen molar-refractivity contribution >= 4 is 5.91 Å². The molecule has 13 heavy (non-hydrogen) atoms. The van der Waals surface area contributed by atoms with Crippen LogP contribution in [0.2, 0.25) is 0 Å². The van der Waals surface area contributed by atoms with Crippen molar-refractivity contribution in [3.8, 4) is 0 Å². The van der Waals surface area contributed by atoms with E-state index in [1.807, 2.05) is 0 Å². The highest BCUT2D eigenvalue weighted by Gasteiger charge is 2.18. The van der Waals surface area contributed by atoms with Crippen LogP contribution in [0.3, 0.4) is 0 Å². The van der Waals surface area contributed by atoms with Crippen LogP contribution in [-0.2, 0) is 4.79 Å². The number of likely N-dealkylation sites (tertiary alicyclic amines) is 1. The van der Waals surface area contributed by atoms with Crippen molar-refractivity contribution in [1.29, 1.82) is 0 Å². The maximum atomic E-state index is 11.0. The Hall–Kier alpha value is -0.610. The zero-order valence-corrected chi connectivity index (χ0v) is 8.49. The minimum absolute atomic E-state index is 0.0340. The van der Waals surface area contributed by atoms with Crippen molar-refractivity contribution in [2.45, 2.75) is 25.9 Å². The van der Waals surface area contributed by atoms with E-state index in [0.717, 1.165) is 19.6 Å². The molecule has 2 N–H and O–H groups in total. The lowest BCUT2D eigenvalue weighted by Crippen LogP contribution is -2.49. The average Bonchev–Trinajstić information content (AvgIpc) is 2.55. The van der Waals surface area contributed by atoms with E-state index in [9.17, 15) is 4.79 Å². The van der Waals surface area contributed by atoms with Gasteiger partial charge in [0.2, 0.25) is 5.91 Å². The summed E-state index contributed by atoms with van der Waals surface area (Å²) in [6, 6.07) is 0. The standard InChI is InChI=1S/C9H19N3O/c1-8(13)11(2)9(10)7-12-5-3-4-6-12/h9H,3-7,10H2,1-2H3/t9-/m1/s1. The number of carbonyl (C=O) groups is 1. The van der Waals surface area contributed by atoms with Gasteiger partial charge in [-0.05, 0) is 25.9 Å². The van der Waals surface area contributed by atoms with Crippen molar-refractivity contribution < 1.29 is 4.79 Å². The van der Waals surface area contributed by atoms with Crippen molar-refractivity contribution in [2.75, 3.05) is 26.7 Å². The van der Waals surface area contributed by atoms with Crippen LogP contribution >= 0.6 is 0 Å². The smallest absolute Gasteiger partial charge is 0.220 e. The number of nitrogens with two attached hydrogens (primary N) is 1. The minimum Gasteiger partial charge on any atom is -0.329 e. The Morgan fingerprint density at radius 2 is 2.08 bits per heavy atom. The molecular weight excluding hydrogens is 166 g/mol. The Balaban J connectivity index is 2.30. The van der Waals surface area contributed by atoms with Crippen LogP contribution in [0.5, 0.6) is 0 Å². The molecule has 0 bridgehead atoms. The third-order valence-corrected chi connectivity index (χ3v) is 2.64. The zero-order chi connectivity index (χ0) is 9.84. The van der Waals surface area contributed by atoms with Crippen molar-refractivity contribution in [1.82, 2.24) is 9.80 Å². The molecule has 0 aliphatic carbocycles. The van der Waals surface area contributed by atoms with Gasteiger partial charge in [0.05, 0.1) is 6.17 Å². The van der Waals surface area contributed by atoms with Gasteiger partial charge in [-0.1, -0.05) is 0 Å². The molecule has 1 saturated heterocycles. The molecule has 0 unspecified atom stereocenters. The van der Waals surface area contributed by atoms with E-state index in [1.165, 1.54) is 12.8 Å². The maximum absolute atomic E-state index is 11.0. The van der Waals surface area contributed by atoms with Gasteiger partial charge in [-0.3, -0.25) is 9.69 Å². The molecular formula is C9H19N3O. The summed E-state index contributed by atoms with van der Waals surface area (Å²) in [5.41, 5.74) is 5.86. The highest BCUT2D eigenvalue weighted by atomic mass is 16.2. The van der Waals surface area contributed by atoms with Crippen molar-refractivity contribution in [2.24, 2.45) is 5.73 Å². The summed E-state index contributed by atoms with van der Waals surface area (Å²) in [7, 11) is 1.75. The molecule has 4 heteroatoms. The van der Waals surface area contributed by atoms with E-state index in [4.69, 9.17) is 5.73 Å². The Morgan fingerprint density at radius 1 is 1.54 bits per heavy atom. The van der Waals surface area contributed by atoms with E-state index < -0.39 is 0 Å². The third kappa shape index (κ3) is 2.97. The molecule has 1 rings (SSSR count). The van der Waals surface area contributed by atoms with Crippen LogP contribution in [0, 0.1) is 0 Å². The molecule has 1 fully saturated rings. The number of hydrogen-bond donors (Lipinski definition) is 1. The summed E-state index contributed by atoms with van der Waals surface area (Å²) in [6.07, 6.45) is 2.36. The van der Waals surface area contributed by atoms with Crippen LogP contribution in [0.15, 0.2) is 0 Å². The molecule has 1 amide bonds. The van der Waals surface area contributed by atoms with Gasteiger partial charge in [0.25, 0.3) is 0 Å². The molecule has 76 valence electrons. The number of nitrogens with zero attached hydrogens (tertiary/aromatic N) is 2. The van der Waals surface area contributed by atoms with Gasteiger partial charge in [-0.2, -0.15) is 0 Å². The molecule has 0 radical (unpaired) electrons. The third-order valence-electron chi connectivity index (χ3n) is 2.64. The Bertz CT molecular complexity index is 178. The maximum Gasteiger partial charge on any atom is 0.220 e. The Kier molecular flexibility index (Phi) is 3.69. The van der Waals surface area contributed by atoms with Gasteiger partial charge in [-0.15, -0.1) is 0 Å². The Labute approximate surface area is 79.7 Å². The molecule has 1 aliphatic heterocycles. The second kappa shape index (κ2) is 4.58. The fourth-order valence-corrected chi connectivity index (χ4v) is 1.59. The van der Waals surface area contributed by atoms with E-state index in [2.05, 4.69) is 4.90 Å². The monoisotopic (exact) mass is 185 g/mol. The first-order valence-corrected chi connectivity index (χ1v) is 4.82. The van der Waals surface area contributed by atoms with Crippen molar-refractivity contribution in [3.63, 3.8) is 0 Å². The first kappa shape index (κ1) is 10.5. The molecule has 1 heterocycles. The van der Waals surface area contributed by atoms with Crippen LogP contribution in [0.25, 0.3) is 0 Å². The van der Waals surface area contributed by atoms with Gasteiger partial charge in [0.15, 0.2) is 0 Å². The lowest BCUT2D eigenvalue weighted by Gasteiger charge is -2.27.